The fourth-order valence-corrected chi connectivity index (χ4v) is 1.30. The number of methoxy groups -OCH3 is 1. The summed E-state index contributed by atoms with van der Waals surface area (Å²) in [5, 5.41) is 0. The largest absolute Gasteiger partial charge is 0.467 e. The molecule has 3 nitrogen and oxygen atoms in total. The zero-order chi connectivity index (χ0) is 10.8. The van der Waals surface area contributed by atoms with Crippen molar-refractivity contribution in [3.05, 3.63) is 0 Å². The lowest BCUT2D eigenvalue weighted by Gasteiger charge is -2.28. The number of hydrogen-bond donors (Lipinski definition) is 0. The molecule has 0 heterocycles. The molecule has 14 heavy (non-hydrogen) atoms. The summed E-state index contributed by atoms with van der Waals surface area (Å²) in [5.41, 5.74) is -0.192. The van der Waals surface area contributed by atoms with Crippen molar-refractivity contribution in [3.8, 4) is 0 Å². The Morgan fingerprint density at radius 3 is 2.36 bits per heavy atom. The maximum atomic E-state index is 11.4. The van der Waals surface area contributed by atoms with Crippen molar-refractivity contribution >= 4 is 5.97 Å². The monoisotopic (exact) mass is 200 g/mol. The maximum absolute atomic E-state index is 11.4. The van der Waals surface area contributed by atoms with Crippen molar-refractivity contribution in [1.82, 2.24) is 0 Å². The van der Waals surface area contributed by atoms with Crippen molar-refractivity contribution in [2.75, 3.05) is 13.7 Å². The third-order valence-corrected chi connectivity index (χ3v) is 2.40. The van der Waals surface area contributed by atoms with Crippen LogP contribution in [0.5, 0.6) is 0 Å². The van der Waals surface area contributed by atoms with Crippen LogP contribution in [0.2, 0.25) is 0 Å². The number of carbonyl (C=O) groups is 1. The van der Waals surface area contributed by atoms with E-state index < -0.39 is 6.10 Å². The molecule has 0 unspecified atom stereocenters. The van der Waals surface area contributed by atoms with E-state index in [1.54, 1.807) is 0 Å². The number of hydrogen-bond acceptors (Lipinski definition) is 3. The maximum Gasteiger partial charge on any atom is 0.335 e. The van der Waals surface area contributed by atoms with Gasteiger partial charge in [0.15, 0.2) is 6.10 Å². The molecule has 1 atom stereocenters. The Morgan fingerprint density at radius 2 is 2.00 bits per heavy atom. The van der Waals surface area contributed by atoms with Crippen LogP contribution < -0.4 is 0 Å². The van der Waals surface area contributed by atoms with E-state index in [-0.39, 0.29) is 11.4 Å². The van der Waals surface area contributed by atoms with Gasteiger partial charge in [-0.05, 0) is 24.2 Å². The SMILES string of the molecule is COC(=O)[C@@H](OCC1CC1)C(C)(C)C. The average molecular weight is 200 g/mol. The van der Waals surface area contributed by atoms with Gasteiger partial charge in [0, 0.05) is 0 Å². The Morgan fingerprint density at radius 1 is 1.43 bits per heavy atom. The van der Waals surface area contributed by atoms with Gasteiger partial charge in [0.05, 0.1) is 13.7 Å². The second-order valence-electron chi connectivity index (χ2n) is 5.05. The Balaban J connectivity index is 2.46. The van der Waals surface area contributed by atoms with Crippen molar-refractivity contribution in [1.29, 1.82) is 0 Å². The first-order valence-electron chi connectivity index (χ1n) is 5.14. The molecule has 1 aliphatic rings. The number of carbonyl (C=O) groups excluding carboxylic acids is 1. The molecule has 1 saturated carbocycles. The minimum atomic E-state index is -0.437. The molecule has 0 aromatic carbocycles. The Bertz CT molecular complexity index is 201. The van der Waals surface area contributed by atoms with Gasteiger partial charge in [0.25, 0.3) is 0 Å². The third-order valence-electron chi connectivity index (χ3n) is 2.40. The lowest BCUT2D eigenvalue weighted by molar-refractivity contribution is -0.162. The van der Waals surface area contributed by atoms with Crippen LogP contribution in [0.3, 0.4) is 0 Å². The van der Waals surface area contributed by atoms with Crippen LogP contribution in [0.1, 0.15) is 33.6 Å². The molecule has 3 heteroatoms. The van der Waals surface area contributed by atoms with Gasteiger partial charge < -0.3 is 9.47 Å². The Labute approximate surface area is 85.8 Å². The van der Waals surface area contributed by atoms with E-state index in [0.29, 0.717) is 12.5 Å². The van der Waals surface area contributed by atoms with E-state index in [2.05, 4.69) is 0 Å². The highest BCUT2D eigenvalue weighted by atomic mass is 16.6. The summed E-state index contributed by atoms with van der Waals surface area (Å²) in [6.07, 6.45) is 2.03. The molecule has 1 aliphatic carbocycles. The minimum Gasteiger partial charge on any atom is -0.467 e. The zero-order valence-electron chi connectivity index (χ0n) is 9.50. The van der Waals surface area contributed by atoms with Crippen molar-refractivity contribution in [2.24, 2.45) is 11.3 Å². The van der Waals surface area contributed by atoms with E-state index in [1.165, 1.54) is 20.0 Å². The molecular weight excluding hydrogens is 180 g/mol. The van der Waals surface area contributed by atoms with Gasteiger partial charge in [-0.1, -0.05) is 20.8 Å². The smallest absolute Gasteiger partial charge is 0.335 e. The summed E-state index contributed by atoms with van der Waals surface area (Å²) in [6, 6.07) is 0. The average Bonchev–Trinajstić information content (AvgIpc) is 2.85. The number of rotatable bonds is 4. The molecule has 1 rings (SSSR count). The van der Waals surface area contributed by atoms with E-state index in [0.717, 1.165) is 0 Å². The Kier molecular flexibility index (Phi) is 3.53. The molecule has 82 valence electrons. The first-order valence-corrected chi connectivity index (χ1v) is 5.14. The molecule has 1 fully saturated rings. The van der Waals surface area contributed by atoms with Gasteiger partial charge in [0.1, 0.15) is 0 Å². The van der Waals surface area contributed by atoms with Gasteiger partial charge >= 0.3 is 5.97 Å². The molecule has 0 spiro atoms. The summed E-state index contributed by atoms with van der Waals surface area (Å²) in [4.78, 5) is 11.4. The Hall–Kier alpha value is -0.570. The van der Waals surface area contributed by atoms with Gasteiger partial charge in [-0.3, -0.25) is 0 Å². The predicted octanol–water partition coefficient (Wildman–Crippen LogP) is 2.00. The summed E-state index contributed by atoms with van der Waals surface area (Å²) in [5.74, 6) is 0.405. The minimum absolute atomic E-state index is 0.192. The summed E-state index contributed by atoms with van der Waals surface area (Å²) in [7, 11) is 1.40. The first-order chi connectivity index (χ1) is 6.45. The molecule has 0 bridgehead atoms. The molecule has 0 aromatic heterocycles. The van der Waals surface area contributed by atoms with E-state index >= 15 is 0 Å². The van der Waals surface area contributed by atoms with Crippen molar-refractivity contribution < 1.29 is 14.3 Å². The van der Waals surface area contributed by atoms with Crippen LogP contribution >= 0.6 is 0 Å². The highest BCUT2D eigenvalue weighted by Crippen LogP contribution is 2.31. The summed E-state index contributed by atoms with van der Waals surface area (Å²) < 4.78 is 10.3. The fourth-order valence-electron chi connectivity index (χ4n) is 1.30. The molecule has 0 amide bonds. The molecule has 0 aromatic rings. The second kappa shape index (κ2) is 4.30. The molecule has 0 radical (unpaired) electrons. The van der Waals surface area contributed by atoms with Crippen LogP contribution in [0.4, 0.5) is 0 Å². The van der Waals surface area contributed by atoms with Crippen LogP contribution in [0.15, 0.2) is 0 Å². The summed E-state index contributed by atoms with van der Waals surface area (Å²) >= 11 is 0. The van der Waals surface area contributed by atoms with Crippen LogP contribution in [-0.2, 0) is 14.3 Å². The number of esters is 1. The highest BCUT2D eigenvalue weighted by molar-refractivity contribution is 5.75. The lowest BCUT2D eigenvalue weighted by Crippen LogP contribution is -2.38. The van der Waals surface area contributed by atoms with Crippen molar-refractivity contribution in [2.45, 2.75) is 39.7 Å². The third kappa shape index (κ3) is 3.29. The van der Waals surface area contributed by atoms with Crippen molar-refractivity contribution in [3.63, 3.8) is 0 Å². The normalized spacial score (nSPS) is 19.1. The van der Waals surface area contributed by atoms with E-state index in [1.807, 2.05) is 20.8 Å². The van der Waals surface area contributed by atoms with Gasteiger partial charge in [-0.2, -0.15) is 0 Å². The fraction of sp³-hybridized carbons (Fsp3) is 0.909. The molecule has 0 aliphatic heterocycles. The quantitative estimate of drug-likeness (QED) is 0.651. The zero-order valence-corrected chi connectivity index (χ0v) is 9.50. The second-order valence-corrected chi connectivity index (χ2v) is 5.05. The standard InChI is InChI=1S/C11H20O3/c1-11(2,3)9(10(12)13-4)14-7-8-5-6-8/h8-9H,5-7H2,1-4H3/t9-/m1/s1. The predicted molar refractivity (Wildman–Crippen MR) is 53.9 cm³/mol. The molecule has 0 saturated heterocycles. The van der Waals surface area contributed by atoms with E-state index in [9.17, 15) is 4.79 Å². The van der Waals surface area contributed by atoms with Crippen LogP contribution in [0.25, 0.3) is 0 Å². The van der Waals surface area contributed by atoms with Crippen LogP contribution in [-0.4, -0.2) is 25.8 Å². The first kappa shape index (κ1) is 11.5. The molecule has 0 N–H and O–H groups in total. The van der Waals surface area contributed by atoms with Gasteiger partial charge in [-0.25, -0.2) is 4.79 Å². The van der Waals surface area contributed by atoms with Gasteiger partial charge in [-0.15, -0.1) is 0 Å². The van der Waals surface area contributed by atoms with E-state index in [4.69, 9.17) is 9.47 Å². The van der Waals surface area contributed by atoms with Gasteiger partial charge in [0.2, 0.25) is 0 Å². The summed E-state index contributed by atoms with van der Waals surface area (Å²) in [6.45, 7) is 6.65. The molecular formula is C11H20O3. The lowest BCUT2D eigenvalue weighted by atomic mass is 9.89. The topological polar surface area (TPSA) is 35.5 Å². The highest BCUT2D eigenvalue weighted by Gasteiger charge is 2.35. The van der Waals surface area contributed by atoms with Crippen LogP contribution in [0, 0.1) is 11.3 Å². The number of ether oxygens (including phenoxy) is 2.